The Labute approximate surface area is 198 Å². The molecule has 13 heteroatoms. The maximum atomic E-state index is 12.7. The number of carbonyl (C=O) groups excluding carboxylic acids is 4. The number of carbonyl (C=O) groups is 4. The molecule has 2 aromatic rings. The Hall–Kier alpha value is -4.68. The molecule has 35 heavy (non-hydrogen) atoms. The van der Waals surface area contributed by atoms with E-state index in [0.29, 0.717) is 0 Å². The second kappa shape index (κ2) is 10.5. The normalized spacial score (nSPS) is 14.3. The molecule has 3 amide bonds. The van der Waals surface area contributed by atoms with Gasteiger partial charge in [0.15, 0.2) is 12.4 Å². The Bertz CT molecular complexity index is 1210. The van der Waals surface area contributed by atoms with Crippen molar-refractivity contribution in [1.29, 1.82) is 0 Å². The summed E-state index contributed by atoms with van der Waals surface area (Å²) in [5.74, 6) is -2.18. The van der Waals surface area contributed by atoms with Crippen molar-refractivity contribution < 1.29 is 42.7 Å². The van der Waals surface area contributed by atoms with Crippen LogP contribution in [0.2, 0.25) is 0 Å². The van der Waals surface area contributed by atoms with Crippen molar-refractivity contribution in [2.45, 2.75) is 26.5 Å². The third kappa shape index (κ3) is 6.01. The first-order valence-corrected chi connectivity index (χ1v) is 10.2. The van der Waals surface area contributed by atoms with Crippen molar-refractivity contribution in [3.05, 3.63) is 63.2 Å². The number of nitrogens with one attached hydrogen (secondary N) is 1. The molecular weight excluding hydrogens is 466 g/mol. The lowest BCUT2D eigenvalue weighted by molar-refractivity contribution is -0.385. The molecule has 0 aliphatic carbocycles. The van der Waals surface area contributed by atoms with Crippen LogP contribution in [-0.4, -0.2) is 53.5 Å². The number of urea groups is 1. The van der Waals surface area contributed by atoms with Gasteiger partial charge in [0, 0.05) is 6.07 Å². The number of imide groups is 1. The molecule has 2 heterocycles. The molecule has 3 rings (SSSR count). The van der Waals surface area contributed by atoms with E-state index in [0.717, 1.165) is 11.0 Å². The molecular formula is C22H21N3O10. The molecule has 0 atom stereocenters. The van der Waals surface area contributed by atoms with Gasteiger partial charge in [-0.1, -0.05) is 6.07 Å². The monoisotopic (exact) mass is 487 g/mol. The third-order valence-corrected chi connectivity index (χ3v) is 4.53. The minimum absolute atomic E-state index is 0.0857. The van der Waals surface area contributed by atoms with Crippen LogP contribution in [-0.2, 0) is 25.6 Å². The van der Waals surface area contributed by atoms with E-state index in [9.17, 15) is 29.3 Å². The average molecular weight is 487 g/mol. The first kappa shape index (κ1) is 25.0. The largest absolute Gasteiger partial charge is 0.475 e. The number of nitro groups is 1. The molecule has 0 bridgehead atoms. The molecule has 1 N–H and O–H groups in total. The van der Waals surface area contributed by atoms with Gasteiger partial charge in [0.2, 0.25) is 5.76 Å². The second-order valence-electron chi connectivity index (χ2n) is 7.45. The van der Waals surface area contributed by atoms with Crippen LogP contribution in [0.1, 0.15) is 35.7 Å². The minimum Gasteiger partial charge on any atom is -0.475 e. The molecule has 1 aliphatic rings. The molecule has 1 aliphatic heterocycles. The summed E-state index contributed by atoms with van der Waals surface area (Å²) in [7, 11) is 1.18. The van der Waals surface area contributed by atoms with Gasteiger partial charge in [-0.2, -0.15) is 0 Å². The Balaban J connectivity index is 1.75. The van der Waals surface area contributed by atoms with Gasteiger partial charge in [-0.05, 0) is 43.7 Å². The quantitative estimate of drug-likeness (QED) is 0.182. The van der Waals surface area contributed by atoms with E-state index < -0.39 is 41.1 Å². The standard InChI is InChI=1S/C22H21N3O10/c1-12(2)34-19(26)11-33-17-6-4-13(9-16(17)25(30)31)8-15-20(27)24(22(29)23-15)10-14-5-7-18(35-14)21(28)32-3/h4-9,12H,10-11H2,1-3H3,(H,23,29). The molecule has 0 radical (unpaired) electrons. The smallest absolute Gasteiger partial charge is 0.373 e. The molecule has 1 aromatic heterocycles. The summed E-state index contributed by atoms with van der Waals surface area (Å²) in [6, 6.07) is 5.85. The molecule has 0 saturated carbocycles. The van der Waals surface area contributed by atoms with E-state index in [1.807, 2.05) is 0 Å². The molecule has 0 unspecified atom stereocenters. The number of amides is 3. The Kier molecular flexibility index (Phi) is 7.49. The highest BCUT2D eigenvalue weighted by Crippen LogP contribution is 2.29. The molecule has 1 saturated heterocycles. The Morgan fingerprint density at radius 3 is 2.63 bits per heavy atom. The first-order valence-electron chi connectivity index (χ1n) is 10.2. The van der Waals surface area contributed by atoms with E-state index in [-0.39, 0.29) is 41.2 Å². The zero-order valence-electron chi connectivity index (χ0n) is 18.9. The molecule has 0 spiro atoms. The van der Waals surface area contributed by atoms with Crippen LogP contribution in [0.5, 0.6) is 5.75 Å². The zero-order valence-corrected chi connectivity index (χ0v) is 18.9. The van der Waals surface area contributed by atoms with Gasteiger partial charge >= 0.3 is 23.7 Å². The van der Waals surface area contributed by atoms with Crippen LogP contribution < -0.4 is 10.1 Å². The van der Waals surface area contributed by atoms with E-state index in [1.54, 1.807) is 13.8 Å². The number of esters is 2. The van der Waals surface area contributed by atoms with Gasteiger partial charge in [-0.25, -0.2) is 14.4 Å². The highest BCUT2D eigenvalue weighted by molar-refractivity contribution is 6.13. The third-order valence-electron chi connectivity index (χ3n) is 4.53. The van der Waals surface area contributed by atoms with Gasteiger partial charge in [-0.3, -0.25) is 19.8 Å². The van der Waals surface area contributed by atoms with Crippen molar-refractivity contribution >= 4 is 35.6 Å². The number of methoxy groups -OCH3 is 1. The molecule has 1 aromatic carbocycles. The van der Waals surface area contributed by atoms with Gasteiger partial charge in [0.25, 0.3) is 5.91 Å². The summed E-state index contributed by atoms with van der Waals surface area (Å²) in [5, 5.41) is 13.9. The minimum atomic E-state index is -0.740. The number of ether oxygens (including phenoxy) is 3. The Morgan fingerprint density at radius 2 is 1.97 bits per heavy atom. The van der Waals surface area contributed by atoms with E-state index in [1.165, 1.54) is 37.5 Å². The molecule has 184 valence electrons. The highest BCUT2D eigenvalue weighted by atomic mass is 16.6. The van der Waals surface area contributed by atoms with Gasteiger partial charge < -0.3 is 23.9 Å². The van der Waals surface area contributed by atoms with Crippen LogP contribution >= 0.6 is 0 Å². The summed E-state index contributed by atoms with van der Waals surface area (Å²) in [6.45, 7) is 2.54. The maximum absolute atomic E-state index is 12.7. The average Bonchev–Trinajstić information content (AvgIpc) is 3.37. The first-order chi connectivity index (χ1) is 16.6. The van der Waals surface area contributed by atoms with Gasteiger partial charge in [0.05, 0.1) is 24.7 Å². The fraction of sp³-hybridized carbons (Fsp3) is 0.273. The number of nitro benzene ring substituents is 1. The van der Waals surface area contributed by atoms with Crippen molar-refractivity contribution in [2.24, 2.45) is 0 Å². The fourth-order valence-electron chi connectivity index (χ4n) is 3.03. The van der Waals surface area contributed by atoms with Crippen molar-refractivity contribution in [2.75, 3.05) is 13.7 Å². The topological polar surface area (TPSA) is 168 Å². The fourth-order valence-corrected chi connectivity index (χ4v) is 3.03. The number of rotatable bonds is 9. The van der Waals surface area contributed by atoms with Gasteiger partial charge in [0.1, 0.15) is 11.5 Å². The summed E-state index contributed by atoms with van der Waals surface area (Å²) in [5.41, 5.74) is -0.347. The van der Waals surface area contributed by atoms with Crippen LogP contribution in [0.3, 0.4) is 0 Å². The summed E-state index contributed by atoms with van der Waals surface area (Å²) < 4.78 is 19.9. The molecule has 1 fully saturated rings. The van der Waals surface area contributed by atoms with Crippen molar-refractivity contribution in [1.82, 2.24) is 10.2 Å². The van der Waals surface area contributed by atoms with E-state index in [2.05, 4.69) is 10.1 Å². The van der Waals surface area contributed by atoms with Crippen molar-refractivity contribution in [3.8, 4) is 5.75 Å². The predicted octanol–water partition coefficient (Wildman–Crippen LogP) is 2.40. The SMILES string of the molecule is COC(=O)c1ccc(CN2C(=O)NC(=Cc3ccc(OCC(=O)OC(C)C)c([N+](=O)[O-])c3)C2=O)o1. The van der Waals surface area contributed by atoms with E-state index >= 15 is 0 Å². The lowest BCUT2D eigenvalue weighted by atomic mass is 10.1. The van der Waals surface area contributed by atoms with E-state index in [4.69, 9.17) is 13.9 Å². The van der Waals surface area contributed by atoms with Gasteiger partial charge in [-0.15, -0.1) is 0 Å². The number of furan rings is 1. The highest BCUT2D eigenvalue weighted by Gasteiger charge is 2.34. The van der Waals surface area contributed by atoms with Crippen LogP contribution in [0.25, 0.3) is 6.08 Å². The van der Waals surface area contributed by atoms with Crippen LogP contribution in [0, 0.1) is 10.1 Å². The number of hydrogen-bond donors (Lipinski definition) is 1. The number of nitrogens with zero attached hydrogens (tertiary/aromatic N) is 2. The van der Waals surface area contributed by atoms with Crippen LogP contribution in [0.15, 0.2) is 40.4 Å². The van der Waals surface area contributed by atoms with Crippen molar-refractivity contribution in [3.63, 3.8) is 0 Å². The lowest BCUT2D eigenvalue weighted by Crippen LogP contribution is -2.30. The summed E-state index contributed by atoms with van der Waals surface area (Å²) in [6.07, 6.45) is 0.892. The summed E-state index contributed by atoms with van der Waals surface area (Å²) in [4.78, 5) is 59.8. The zero-order chi connectivity index (χ0) is 25.7. The number of benzene rings is 1. The Morgan fingerprint density at radius 1 is 1.23 bits per heavy atom. The summed E-state index contributed by atoms with van der Waals surface area (Å²) >= 11 is 0. The van der Waals surface area contributed by atoms with Crippen LogP contribution in [0.4, 0.5) is 10.5 Å². The molecule has 13 nitrogen and oxygen atoms in total. The maximum Gasteiger partial charge on any atom is 0.373 e. The predicted molar refractivity (Wildman–Crippen MR) is 117 cm³/mol. The lowest BCUT2D eigenvalue weighted by Gasteiger charge is -2.10. The second-order valence-corrected chi connectivity index (χ2v) is 7.45. The number of hydrogen-bond acceptors (Lipinski definition) is 10.